The van der Waals surface area contributed by atoms with E-state index in [-0.39, 0.29) is 17.1 Å². The molecule has 4 aromatic rings. The first kappa shape index (κ1) is 22.8. The number of halogens is 2. The average Bonchev–Trinajstić information content (AvgIpc) is 2.88. The first-order valence-corrected chi connectivity index (χ1v) is 12.4. The zero-order valence-electron chi connectivity index (χ0n) is 19.8. The Hall–Kier alpha value is -3.64. The lowest BCUT2D eigenvalue weighted by atomic mass is 9.85. The molecule has 0 aromatic heterocycles. The summed E-state index contributed by atoms with van der Waals surface area (Å²) in [5.41, 5.74) is 2.52. The summed E-state index contributed by atoms with van der Waals surface area (Å²) in [4.78, 5) is 2.43. The molecule has 2 aliphatic rings. The van der Waals surface area contributed by atoms with Crippen LogP contribution >= 0.6 is 0 Å². The molecular formula is C30H27F2NO3. The van der Waals surface area contributed by atoms with Crippen LogP contribution < -0.4 is 9.47 Å². The SMILES string of the molecule is Oc1ccc2c3c(ccc2c1)-c1c(F)cc(F)cc1OC3c1ccc(OCCN2CCCCC2)cc1. The van der Waals surface area contributed by atoms with Gasteiger partial charge >= 0.3 is 0 Å². The molecular weight excluding hydrogens is 460 g/mol. The molecule has 4 aromatic carbocycles. The van der Waals surface area contributed by atoms with Crippen molar-refractivity contribution in [2.45, 2.75) is 25.4 Å². The molecule has 1 N–H and O–H groups in total. The Bertz CT molecular complexity index is 1410. The van der Waals surface area contributed by atoms with Gasteiger partial charge in [0.1, 0.15) is 35.5 Å². The maximum atomic E-state index is 14.9. The maximum absolute atomic E-state index is 14.9. The topological polar surface area (TPSA) is 41.9 Å². The predicted octanol–water partition coefficient (Wildman–Crippen LogP) is 6.84. The summed E-state index contributed by atoms with van der Waals surface area (Å²) < 4.78 is 41.3. The lowest BCUT2D eigenvalue weighted by Crippen LogP contribution is -2.33. The zero-order chi connectivity index (χ0) is 24.6. The Balaban J connectivity index is 1.34. The molecule has 1 atom stereocenters. The van der Waals surface area contributed by atoms with Crippen molar-refractivity contribution in [1.82, 2.24) is 4.90 Å². The van der Waals surface area contributed by atoms with Crippen molar-refractivity contribution >= 4 is 10.8 Å². The lowest BCUT2D eigenvalue weighted by molar-refractivity contribution is 0.183. The quantitative estimate of drug-likeness (QED) is 0.335. The summed E-state index contributed by atoms with van der Waals surface area (Å²) in [5.74, 6) is -0.260. The second-order valence-corrected chi connectivity index (χ2v) is 9.51. The Morgan fingerprint density at radius 2 is 1.72 bits per heavy atom. The van der Waals surface area contributed by atoms with E-state index in [1.165, 1.54) is 25.3 Å². The number of rotatable bonds is 5. The number of phenols is 1. The second kappa shape index (κ2) is 9.43. The Labute approximate surface area is 208 Å². The van der Waals surface area contributed by atoms with E-state index >= 15 is 0 Å². The third kappa shape index (κ3) is 4.26. The summed E-state index contributed by atoms with van der Waals surface area (Å²) >= 11 is 0. The van der Waals surface area contributed by atoms with Crippen LogP contribution in [0.15, 0.2) is 66.7 Å². The average molecular weight is 488 g/mol. The lowest BCUT2D eigenvalue weighted by Gasteiger charge is -2.31. The van der Waals surface area contributed by atoms with Crippen LogP contribution in [0.5, 0.6) is 17.2 Å². The van der Waals surface area contributed by atoms with E-state index in [9.17, 15) is 13.9 Å². The number of likely N-dealkylation sites (tertiary alicyclic amines) is 1. The van der Waals surface area contributed by atoms with Crippen molar-refractivity contribution in [3.63, 3.8) is 0 Å². The van der Waals surface area contributed by atoms with E-state index < -0.39 is 17.7 Å². The molecule has 0 bridgehead atoms. The summed E-state index contributed by atoms with van der Waals surface area (Å²) in [6.45, 7) is 3.81. The van der Waals surface area contributed by atoms with Gasteiger partial charge in [-0.05, 0) is 72.1 Å². The van der Waals surface area contributed by atoms with Crippen molar-refractivity contribution in [2.75, 3.05) is 26.2 Å². The fourth-order valence-corrected chi connectivity index (χ4v) is 5.38. The van der Waals surface area contributed by atoms with Gasteiger partial charge in [0.2, 0.25) is 0 Å². The fourth-order valence-electron chi connectivity index (χ4n) is 5.38. The molecule has 1 fully saturated rings. The minimum absolute atomic E-state index is 0.149. The number of piperidine rings is 1. The highest BCUT2D eigenvalue weighted by atomic mass is 19.1. The van der Waals surface area contributed by atoms with Crippen molar-refractivity contribution in [3.05, 3.63) is 89.5 Å². The standard InChI is InChI=1S/C30H27F2NO3/c31-21-17-26(32)29-25-10-6-20-16-22(34)7-11-24(20)28(25)30(36-27(29)18-21)19-4-8-23(9-5-19)35-15-14-33-12-2-1-3-13-33/h4-11,16-18,30,34H,1-3,12-15H2. The van der Waals surface area contributed by atoms with E-state index in [1.54, 1.807) is 12.1 Å². The van der Waals surface area contributed by atoms with Gasteiger partial charge < -0.3 is 14.6 Å². The van der Waals surface area contributed by atoms with Crippen LogP contribution in [0, 0.1) is 11.6 Å². The Morgan fingerprint density at radius 3 is 2.53 bits per heavy atom. The van der Waals surface area contributed by atoms with Crippen LogP contribution in [0.2, 0.25) is 0 Å². The maximum Gasteiger partial charge on any atom is 0.150 e. The highest BCUT2D eigenvalue weighted by Gasteiger charge is 2.32. The molecule has 0 saturated carbocycles. The zero-order valence-corrected chi connectivity index (χ0v) is 19.8. The number of fused-ring (bicyclic) bond motifs is 5. The minimum atomic E-state index is -0.684. The third-order valence-corrected chi connectivity index (χ3v) is 7.15. The predicted molar refractivity (Wildman–Crippen MR) is 136 cm³/mol. The molecule has 36 heavy (non-hydrogen) atoms. The summed E-state index contributed by atoms with van der Waals surface area (Å²) in [6.07, 6.45) is 3.24. The molecule has 0 amide bonds. The molecule has 1 unspecified atom stereocenters. The van der Waals surface area contributed by atoms with Crippen LogP contribution in [-0.4, -0.2) is 36.2 Å². The van der Waals surface area contributed by atoms with Gasteiger partial charge in [-0.3, -0.25) is 4.90 Å². The molecule has 0 aliphatic carbocycles. The molecule has 2 heterocycles. The molecule has 0 radical (unpaired) electrons. The normalized spacial score (nSPS) is 17.3. The van der Waals surface area contributed by atoms with E-state index in [1.807, 2.05) is 42.5 Å². The van der Waals surface area contributed by atoms with Gasteiger partial charge in [-0.15, -0.1) is 0 Å². The minimum Gasteiger partial charge on any atom is -0.508 e. The van der Waals surface area contributed by atoms with Gasteiger partial charge in [0.15, 0.2) is 6.10 Å². The van der Waals surface area contributed by atoms with Crippen LogP contribution in [0.25, 0.3) is 21.9 Å². The van der Waals surface area contributed by atoms with E-state index in [0.717, 1.165) is 53.3 Å². The molecule has 1 saturated heterocycles. The van der Waals surface area contributed by atoms with Crippen LogP contribution in [0.4, 0.5) is 8.78 Å². The van der Waals surface area contributed by atoms with E-state index in [2.05, 4.69) is 4.90 Å². The number of hydrogen-bond acceptors (Lipinski definition) is 4. The third-order valence-electron chi connectivity index (χ3n) is 7.15. The Morgan fingerprint density at radius 1 is 0.917 bits per heavy atom. The van der Waals surface area contributed by atoms with Gasteiger partial charge in [-0.1, -0.05) is 36.8 Å². The van der Waals surface area contributed by atoms with Crippen molar-refractivity contribution in [3.8, 4) is 28.4 Å². The van der Waals surface area contributed by atoms with Gasteiger partial charge in [-0.2, -0.15) is 0 Å². The molecule has 6 heteroatoms. The number of phenolic OH excluding ortho intramolecular Hbond substituents is 1. The van der Waals surface area contributed by atoms with E-state index in [0.29, 0.717) is 12.2 Å². The molecule has 184 valence electrons. The summed E-state index contributed by atoms with van der Waals surface area (Å²) in [7, 11) is 0. The Kier molecular flexibility index (Phi) is 5.97. The fraction of sp³-hybridized carbons (Fsp3) is 0.267. The van der Waals surface area contributed by atoms with Crippen molar-refractivity contribution in [2.24, 2.45) is 0 Å². The number of aromatic hydroxyl groups is 1. The number of nitrogens with zero attached hydrogens (tertiary/aromatic N) is 1. The van der Waals surface area contributed by atoms with Gasteiger partial charge in [0.05, 0.1) is 5.56 Å². The first-order valence-electron chi connectivity index (χ1n) is 12.4. The highest BCUT2D eigenvalue weighted by Crippen LogP contribution is 2.49. The molecule has 4 nitrogen and oxygen atoms in total. The molecule has 6 rings (SSSR count). The van der Waals surface area contributed by atoms with Gasteiger partial charge in [-0.25, -0.2) is 8.78 Å². The van der Waals surface area contributed by atoms with Gasteiger partial charge in [0.25, 0.3) is 0 Å². The molecule has 0 spiro atoms. The first-order chi connectivity index (χ1) is 17.6. The van der Waals surface area contributed by atoms with Crippen LogP contribution in [0.1, 0.15) is 36.5 Å². The van der Waals surface area contributed by atoms with Crippen molar-refractivity contribution in [1.29, 1.82) is 0 Å². The van der Waals surface area contributed by atoms with E-state index in [4.69, 9.17) is 9.47 Å². The summed E-state index contributed by atoms with van der Waals surface area (Å²) in [5, 5.41) is 11.6. The summed E-state index contributed by atoms with van der Waals surface area (Å²) in [6, 6.07) is 18.5. The van der Waals surface area contributed by atoms with Gasteiger partial charge in [0, 0.05) is 24.2 Å². The largest absolute Gasteiger partial charge is 0.508 e. The number of ether oxygens (including phenoxy) is 2. The van der Waals surface area contributed by atoms with Crippen molar-refractivity contribution < 1.29 is 23.4 Å². The highest BCUT2D eigenvalue weighted by molar-refractivity contribution is 5.95. The van der Waals surface area contributed by atoms with Crippen LogP contribution in [-0.2, 0) is 0 Å². The monoisotopic (exact) mass is 487 g/mol. The number of benzene rings is 4. The second-order valence-electron chi connectivity index (χ2n) is 9.51. The van der Waals surface area contributed by atoms with Crippen LogP contribution in [0.3, 0.4) is 0 Å². The smallest absolute Gasteiger partial charge is 0.150 e. The number of hydrogen-bond donors (Lipinski definition) is 1. The molecule has 2 aliphatic heterocycles.